The highest BCUT2D eigenvalue weighted by Gasteiger charge is 2.31. The molecule has 0 radical (unpaired) electrons. The molecule has 0 atom stereocenters. The average Bonchev–Trinajstić information content (AvgIpc) is 2.51. The summed E-state index contributed by atoms with van der Waals surface area (Å²) in [6.45, 7) is 2.25. The number of ether oxygens (including phenoxy) is 2. The minimum atomic E-state index is -0.668. The lowest BCUT2D eigenvalue weighted by atomic mass is 9.97. The van der Waals surface area contributed by atoms with Crippen LogP contribution in [0.3, 0.4) is 0 Å². The number of nitrogen functional groups attached to an aromatic ring is 1. The Morgan fingerprint density at radius 2 is 1.57 bits per heavy atom. The Hall–Kier alpha value is -1.06. The molecule has 3 heteroatoms. The van der Waals surface area contributed by atoms with Gasteiger partial charge in [-0.2, -0.15) is 0 Å². The minimum Gasteiger partial charge on any atom is -0.399 e. The molecule has 0 unspecified atom stereocenters. The first kappa shape index (κ1) is 18.0. The molecule has 2 N–H and O–H groups in total. The third-order valence-corrected chi connectivity index (χ3v) is 4.10. The number of methoxy groups -OCH3 is 2. The van der Waals surface area contributed by atoms with Crippen molar-refractivity contribution >= 4 is 5.69 Å². The van der Waals surface area contributed by atoms with Crippen LogP contribution in [0.25, 0.3) is 0 Å². The highest BCUT2D eigenvalue weighted by molar-refractivity contribution is 5.42. The van der Waals surface area contributed by atoms with Crippen molar-refractivity contribution in [1.29, 1.82) is 0 Å². The second kappa shape index (κ2) is 9.80. The Kier molecular flexibility index (Phi) is 8.40. The zero-order chi connectivity index (χ0) is 15.6. The van der Waals surface area contributed by atoms with Crippen LogP contribution in [-0.4, -0.2) is 14.2 Å². The topological polar surface area (TPSA) is 44.5 Å². The summed E-state index contributed by atoms with van der Waals surface area (Å²) in [4.78, 5) is 0. The highest BCUT2D eigenvalue weighted by atomic mass is 16.7. The number of anilines is 1. The average molecular weight is 293 g/mol. The van der Waals surface area contributed by atoms with E-state index >= 15 is 0 Å². The lowest BCUT2D eigenvalue weighted by Crippen LogP contribution is -2.30. The van der Waals surface area contributed by atoms with Gasteiger partial charge in [-0.25, -0.2) is 0 Å². The van der Waals surface area contributed by atoms with Crippen molar-refractivity contribution in [3.63, 3.8) is 0 Å². The number of unbranched alkanes of at least 4 members (excludes halogenated alkanes) is 6. The van der Waals surface area contributed by atoms with Gasteiger partial charge in [0.25, 0.3) is 0 Å². The molecule has 120 valence electrons. The maximum Gasteiger partial charge on any atom is 0.194 e. The molecule has 0 saturated heterocycles. The van der Waals surface area contributed by atoms with E-state index in [2.05, 4.69) is 6.92 Å². The summed E-state index contributed by atoms with van der Waals surface area (Å²) in [7, 11) is 3.40. The normalized spacial score (nSPS) is 11.8. The summed E-state index contributed by atoms with van der Waals surface area (Å²) in [6.07, 6.45) is 9.81. The van der Waals surface area contributed by atoms with Gasteiger partial charge in [0.05, 0.1) is 0 Å². The molecule has 0 heterocycles. The second-order valence-corrected chi connectivity index (χ2v) is 5.66. The molecule has 1 aromatic rings. The molecule has 0 aromatic heterocycles. The molecule has 1 aromatic carbocycles. The van der Waals surface area contributed by atoms with E-state index in [-0.39, 0.29) is 0 Å². The monoisotopic (exact) mass is 293 g/mol. The largest absolute Gasteiger partial charge is 0.399 e. The fraction of sp³-hybridized carbons (Fsp3) is 0.667. The van der Waals surface area contributed by atoms with Gasteiger partial charge >= 0.3 is 0 Å². The van der Waals surface area contributed by atoms with Crippen LogP contribution in [0.5, 0.6) is 0 Å². The summed E-state index contributed by atoms with van der Waals surface area (Å²) in [5.74, 6) is -0.668. The number of nitrogens with two attached hydrogens (primary N) is 1. The van der Waals surface area contributed by atoms with Crippen LogP contribution in [0, 0.1) is 0 Å². The first-order chi connectivity index (χ1) is 10.2. The van der Waals surface area contributed by atoms with Crippen LogP contribution in [0.1, 0.15) is 63.9 Å². The predicted octanol–water partition coefficient (Wildman–Crippen LogP) is 4.86. The maximum atomic E-state index is 5.88. The van der Waals surface area contributed by atoms with E-state index in [4.69, 9.17) is 15.2 Å². The number of hydrogen-bond donors (Lipinski definition) is 1. The quantitative estimate of drug-likeness (QED) is 0.360. The van der Waals surface area contributed by atoms with E-state index in [1.807, 2.05) is 24.3 Å². The molecule has 3 nitrogen and oxygen atoms in total. The van der Waals surface area contributed by atoms with E-state index in [0.717, 1.165) is 24.1 Å². The number of hydrogen-bond acceptors (Lipinski definition) is 3. The molecular formula is C18H31NO2. The molecule has 0 bridgehead atoms. The predicted molar refractivity (Wildman–Crippen MR) is 89.2 cm³/mol. The molecule has 0 saturated carbocycles. The fourth-order valence-electron chi connectivity index (χ4n) is 2.76. The highest BCUT2D eigenvalue weighted by Crippen LogP contribution is 2.33. The van der Waals surface area contributed by atoms with Gasteiger partial charge in [-0.15, -0.1) is 0 Å². The first-order valence-corrected chi connectivity index (χ1v) is 8.15. The molecule has 0 aliphatic carbocycles. The van der Waals surface area contributed by atoms with Gasteiger partial charge in [-0.05, 0) is 18.6 Å². The fourth-order valence-corrected chi connectivity index (χ4v) is 2.76. The van der Waals surface area contributed by atoms with E-state index in [1.165, 1.54) is 38.5 Å². The van der Waals surface area contributed by atoms with Crippen LogP contribution >= 0.6 is 0 Å². The van der Waals surface area contributed by atoms with Gasteiger partial charge in [0.1, 0.15) is 0 Å². The first-order valence-electron chi connectivity index (χ1n) is 8.15. The van der Waals surface area contributed by atoms with E-state index in [1.54, 1.807) is 14.2 Å². The van der Waals surface area contributed by atoms with Gasteiger partial charge in [0.15, 0.2) is 5.79 Å². The van der Waals surface area contributed by atoms with Crippen molar-refractivity contribution < 1.29 is 9.47 Å². The lowest BCUT2D eigenvalue weighted by Gasteiger charge is -2.31. The van der Waals surface area contributed by atoms with E-state index < -0.39 is 5.79 Å². The van der Waals surface area contributed by atoms with Gasteiger partial charge in [-0.3, -0.25) is 0 Å². The van der Waals surface area contributed by atoms with E-state index in [9.17, 15) is 0 Å². The van der Waals surface area contributed by atoms with Crippen LogP contribution in [0.4, 0.5) is 5.69 Å². The van der Waals surface area contributed by atoms with Crippen LogP contribution in [0.2, 0.25) is 0 Å². The van der Waals surface area contributed by atoms with Crippen LogP contribution < -0.4 is 5.73 Å². The van der Waals surface area contributed by atoms with Gasteiger partial charge in [-0.1, -0.05) is 57.6 Å². The molecule has 21 heavy (non-hydrogen) atoms. The number of benzene rings is 1. The molecule has 0 aliphatic rings. The zero-order valence-corrected chi connectivity index (χ0v) is 13.9. The Morgan fingerprint density at radius 1 is 0.952 bits per heavy atom. The minimum absolute atomic E-state index is 0.668. The van der Waals surface area contributed by atoms with Crippen molar-refractivity contribution in [2.75, 3.05) is 20.0 Å². The van der Waals surface area contributed by atoms with Crippen LogP contribution in [-0.2, 0) is 15.3 Å². The second-order valence-electron chi connectivity index (χ2n) is 5.66. The van der Waals surface area contributed by atoms with Gasteiger partial charge in [0.2, 0.25) is 0 Å². The molecule has 0 aliphatic heterocycles. The van der Waals surface area contributed by atoms with Crippen molar-refractivity contribution in [3.05, 3.63) is 29.8 Å². The Morgan fingerprint density at radius 3 is 2.14 bits per heavy atom. The maximum absolute atomic E-state index is 5.88. The van der Waals surface area contributed by atoms with Gasteiger partial charge in [0, 0.05) is 31.9 Å². The van der Waals surface area contributed by atoms with E-state index in [0.29, 0.717) is 0 Å². The Bertz CT molecular complexity index is 389. The lowest BCUT2D eigenvalue weighted by molar-refractivity contribution is -0.221. The molecular weight excluding hydrogens is 262 g/mol. The van der Waals surface area contributed by atoms with Crippen molar-refractivity contribution in [3.8, 4) is 0 Å². The zero-order valence-electron chi connectivity index (χ0n) is 13.9. The Labute approximate surface area is 129 Å². The van der Waals surface area contributed by atoms with Crippen molar-refractivity contribution in [2.24, 2.45) is 0 Å². The summed E-state index contributed by atoms with van der Waals surface area (Å²) < 4.78 is 11.4. The molecule has 0 amide bonds. The van der Waals surface area contributed by atoms with Crippen LogP contribution in [0.15, 0.2) is 24.3 Å². The molecule has 0 spiro atoms. The Balaban J connectivity index is 2.49. The smallest absolute Gasteiger partial charge is 0.194 e. The summed E-state index contributed by atoms with van der Waals surface area (Å²) >= 11 is 0. The van der Waals surface area contributed by atoms with Crippen molar-refractivity contribution in [1.82, 2.24) is 0 Å². The summed E-state index contributed by atoms with van der Waals surface area (Å²) in [6, 6.07) is 7.79. The number of rotatable bonds is 11. The SMILES string of the molecule is CCCCCCCCCC(OC)(OC)c1cccc(N)c1. The molecule has 1 rings (SSSR count). The van der Waals surface area contributed by atoms with Crippen molar-refractivity contribution in [2.45, 2.75) is 64.1 Å². The third-order valence-electron chi connectivity index (χ3n) is 4.10. The molecule has 0 fully saturated rings. The standard InChI is InChI=1S/C18H31NO2/c1-4-5-6-7-8-9-10-14-18(20-2,21-3)16-12-11-13-17(19)15-16/h11-13,15H,4-10,14,19H2,1-3H3. The summed E-state index contributed by atoms with van der Waals surface area (Å²) in [5.41, 5.74) is 7.62. The summed E-state index contributed by atoms with van der Waals surface area (Å²) in [5, 5.41) is 0. The third kappa shape index (κ3) is 5.68. The van der Waals surface area contributed by atoms with Gasteiger partial charge < -0.3 is 15.2 Å².